The van der Waals surface area contributed by atoms with Crippen LogP contribution in [-0.2, 0) is 4.79 Å². The molecule has 2 N–H and O–H groups in total. The largest absolute Gasteiger partial charge is 0.358 e. The molecule has 0 aliphatic carbocycles. The van der Waals surface area contributed by atoms with E-state index >= 15 is 0 Å². The van der Waals surface area contributed by atoms with Gasteiger partial charge in [-0.2, -0.15) is 0 Å². The van der Waals surface area contributed by atoms with Crippen LogP contribution in [0, 0.1) is 0 Å². The smallest absolute Gasteiger partial charge is 0.236 e. The number of amides is 1. The average Bonchev–Trinajstić information content (AvgIpc) is 2.29. The van der Waals surface area contributed by atoms with Gasteiger partial charge in [0.25, 0.3) is 0 Å². The standard InChI is InChI=1S/C7H16N2OSi/c1-8-7(10)6-4-11(2,3)5-9-6/h6,9H,4-5H2,1-3H3,(H,8,10). The molecular weight excluding hydrogens is 156 g/mol. The zero-order valence-electron chi connectivity index (χ0n) is 7.40. The Kier molecular flexibility index (Phi) is 2.34. The first-order valence-electron chi connectivity index (χ1n) is 4.00. The summed E-state index contributed by atoms with van der Waals surface area (Å²) in [6.07, 6.45) is 1.07. The topological polar surface area (TPSA) is 41.1 Å². The number of carbonyl (C=O) groups is 1. The minimum absolute atomic E-state index is 0.0849. The molecule has 1 atom stereocenters. The summed E-state index contributed by atoms with van der Waals surface area (Å²) in [6.45, 7) is 4.62. The third kappa shape index (κ3) is 2.04. The van der Waals surface area contributed by atoms with E-state index in [0.717, 1.165) is 12.2 Å². The van der Waals surface area contributed by atoms with Crippen LogP contribution in [0.2, 0.25) is 19.1 Å². The van der Waals surface area contributed by atoms with Gasteiger partial charge in [-0.15, -0.1) is 0 Å². The van der Waals surface area contributed by atoms with E-state index in [2.05, 4.69) is 23.7 Å². The lowest BCUT2D eigenvalue weighted by Crippen LogP contribution is -2.38. The second kappa shape index (κ2) is 2.95. The van der Waals surface area contributed by atoms with E-state index in [1.54, 1.807) is 7.05 Å². The SMILES string of the molecule is CNC(=O)C1C[Si](C)(C)CN1. The first kappa shape index (κ1) is 8.74. The normalized spacial score (nSPS) is 28.5. The minimum atomic E-state index is -1.05. The highest BCUT2D eigenvalue weighted by Gasteiger charge is 2.35. The first-order valence-corrected chi connectivity index (χ1v) is 7.41. The van der Waals surface area contributed by atoms with Crippen LogP contribution in [0.1, 0.15) is 0 Å². The molecule has 4 heteroatoms. The molecule has 1 fully saturated rings. The Balaban J connectivity index is 2.48. The maximum Gasteiger partial charge on any atom is 0.236 e. The lowest BCUT2D eigenvalue weighted by Gasteiger charge is -2.11. The fourth-order valence-electron chi connectivity index (χ4n) is 1.46. The van der Waals surface area contributed by atoms with E-state index in [9.17, 15) is 4.79 Å². The highest BCUT2D eigenvalue weighted by molar-refractivity contribution is 6.78. The van der Waals surface area contributed by atoms with Gasteiger partial charge >= 0.3 is 0 Å². The summed E-state index contributed by atoms with van der Waals surface area (Å²) in [6, 6.07) is 1.16. The Hall–Kier alpha value is -0.353. The van der Waals surface area contributed by atoms with Crippen molar-refractivity contribution in [2.45, 2.75) is 25.2 Å². The zero-order valence-corrected chi connectivity index (χ0v) is 8.40. The molecule has 1 amide bonds. The fraction of sp³-hybridized carbons (Fsp3) is 0.857. The van der Waals surface area contributed by atoms with E-state index in [1.807, 2.05) is 0 Å². The lowest BCUT2D eigenvalue weighted by molar-refractivity contribution is -0.121. The summed E-state index contributed by atoms with van der Waals surface area (Å²) in [4.78, 5) is 11.2. The summed E-state index contributed by atoms with van der Waals surface area (Å²) < 4.78 is 0. The molecule has 0 saturated carbocycles. The third-order valence-electron chi connectivity index (χ3n) is 2.15. The zero-order chi connectivity index (χ0) is 8.48. The molecule has 64 valence electrons. The van der Waals surface area contributed by atoms with E-state index in [4.69, 9.17) is 0 Å². The average molecular weight is 172 g/mol. The molecule has 0 aromatic heterocycles. The van der Waals surface area contributed by atoms with E-state index in [0.29, 0.717) is 0 Å². The van der Waals surface area contributed by atoms with Gasteiger partial charge in [0.15, 0.2) is 0 Å². The molecule has 0 bridgehead atoms. The minimum Gasteiger partial charge on any atom is -0.358 e. The second-order valence-corrected chi connectivity index (χ2v) is 9.01. The predicted octanol–water partition coefficient (Wildman–Crippen LogP) is -0.0482. The fourth-order valence-corrected chi connectivity index (χ4v) is 3.83. The van der Waals surface area contributed by atoms with Crippen LogP contribution in [0.25, 0.3) is 0 Å². The van der Waals surface area contributed by atoms with Crippen LogP contribution in [0.5, 0.6) is 0 Å². The molecule has 0 aromatic carbocycles. The molecule has 1 saturated heterocycles. The van der Waals surface area contributed by atoms with Gasteiger partial charge in [0, 0.05) is 7.05 Å². The molecule has 1 rings (SSSR count). The molecule has 1 heterocycles. The van der Waals surface area contributed by atoms with E-state index in [-0.39, 0.29) is 11.9 Å². The highest BCUT2D eigenvalue weighted by Crippen LogP contribution is 2.17. The molecule has 11 heavy (non-hydrogen) atoms. The van der Waals surface area contributed by atoms with Crippen molar-refractivity contribution in [3.8, 4) is 0 Å². The van der Waals surface area contributed by atoms with Gasteiger partial charge in [0.1, 0.15) is 0 Å². The van der Waals surface area contributed by atoms with Crippen molar-refractivity contribution in [2.24, 2.45) is 0 Å². The monoisotopic (exact) mass is 172 g/mol. The van der Waals surface area contributed by atoms with Crippen LogP contribution in [-0.4, -0.2) is 33.2 Å². The second-order valence-electron chi connectivity index (χ2n) is 3.92. The van der Waals surface area contributed by atoms with Gasteiger partial charge in [-0.1, -0.05) is 13.1 Å². The Bertz CT molecular complexity index is 170. The Morgan fingerprint density at radius 3 is 2.64 bits per heavy atom. The van der Waals surface area contributed by atoms with Crippen LogP contribution >= 0.6 is 0 Å². The molecular formula is C7H16N2OSi. The van der Waals surface area contributed by atoms with Crippen LogP contribution in [0.3, 0.4) is 0 Å². The highest BCUT2D eigenvalue weighted by atomic mass is 28.3. The van der Waals surface area contributed by atoms with Gasteiger partial charge in [0.2, 0.25) is 5.91 Å². The van der Waals surface area contributed by atoms with Crippen molar-refractivity contribution in [3.63, 3.8) is 0 Å². The maximum absolute atomic E-state index is 11.2. The Labute approximate surface area is 68.6 Å². The van der Waals surface area contributed by atoms with Gasteiger partial charge in [-0.3, -0.25) is 4.79 Å². The Morgan fingerprint density at radius 2 is 2.27 bits per heavy atom. The van der Waals surface area contributed by atoms with E-state index < -0.39 is 8.07 Å². The molecule has 3 nitrogen and oxygen atoms in total. The van der Waals surface area contributed by atoms with Crippen LogP contribution in [0.15, 0.2) is 0 Å². The predicted molar refractivity (Wildman–Crippen MR) is 48.1 cm³/mol. The molecule has 0 spiro atoms. The van der Waals surface area contributed by atoms with Crippen molar-refractivity contribution >= 4 is 14.0 Å². The van der Waals surface area contributed by atoms with E-state index in [1.165, 1.54) is 0 Å². The summed E-state index contributed by atoms with van der Waals surface area (Å²) in [7, 11) is 0.637. The van der Waals surface area contributed by atoms with Crippen molar-refractivity contribution in [1.82, 2.24) is 10.6 Å². The molecule has 1 aliphatic heterocycles. The number of carbonyl (C=O) groups excluding carboxylic acids is 1. The molecule has 0 aromatic rings. The van der Waals surface area contributed by atoms with Crippen molar-refractivity contribution in [1.29, 1.82) is 0 Å². The lowest BCUT2D eigenvalue weighted by atomic mass is 10.3. The maximum atomic E-state index is 11.2. The quantitative estimate of drug-likeness (QED) is 0.545. The third-order valence-corrected chi connectivity index (χ3v) is 4.82. The van der Waals surface area contributed by atoms with Crippen molar-refractivity contribution < 1.29 is 4.79 Å². The van der Waals surface area contributed by atoms with Crippen LogP contribution in [0.4, 0.5) is 0 Å². The van der Waals surface area contributed by atoms with Crippen molar-refractivity contribution in [3.05, 3.63) is 0 Å². The number of hydrogen-bond acceptors (Lipinski definition) is 2. The summed E-state index contributed by atoms with van der Waals surface area (Å²) >= 11 is 0. The first-order chi connectivity index (χ1) is 5.05. The van der Waals surface area contributed by atoms with Gasteiger partial charge in [0.05, 0.1) is 14.1 Å². The number of likely N-dealkylation sites (N-methyl/N-ethyl adjacent to an activating group) is 1. The summed E-state index contributed by atoms with van der Waals surface area (Å²) in [5, 5.41) is 5.91. The van der Waals surface area contributed by atoms with Crippen molar-refractivity contribution in [2.75, 3.05) is 13.2 Å². The summed E-state index contributed by atoms with van der Waals surface area (Å²) in [5.41, 5.74) is 0. The Morgan fingerprint density at radius 1 is 1.64 bits per heavy atom. The molecule has 0 radical (unpaired) electrons. The van der Waals surface area contributed by atoms with Gasteiger partial charge in [-0.05, 0) is 12.2 Å². The molecule has 1 unspecified atom stereocenters. The number of nitrogens with one attached hydrogen (secondary N) is 2. The van der Waals surface area contributed by atoms with Crippen LogP contribution < -0.4 is 10.6 Å². The molecule has 1 aliphatic rings. The van der Waals surface area contributed by atoms with Gasteiger partial charge < -0.3 is 10.6 Å². The number of rotatable bonds is 1. The van der Waals surface area contributed by atoms with Gasteiger partial charge in [-0.25, -0.2) is 0 Å². The summed E-state index contributed by atoms with van der Waals surface area (Å²) in [5.74, 6) is 0.142. The number of hydrogen-bond donors (Lipinski definition) is 2.